The highest BCUT2D eigenvalue weighted by Crippen LogP contribution is 2.32. The molecule has 0 saturated carbocycles. The zero-order chi connectivity index (χ0) is 13.3. The maximum atomic E-state index is 10.8. The van der Waals surface area contributed by atoms with Crippen LogP contribution in [0.15, 0.2) is 28.1 Å². The number of aliphatic carboxylic acids is 1. The van der Waals surface area contributed by atoms with Gasteiger partial charge in [-0.2, -0.15) is 0 Å². The Morgan fingerprint density at radius 3 is 2.89 bits per heavy atom. The van der Waals surface area contributed by atoms with Gasteiger partial charge >= 0.3 is 5.97 Å². The number of hydrogen-bond acceptors (Lipinski definition) is 4. The number of thiazole rings is 1. The lowest BCUT2D eigenvalue weighted by molar-refractivity contribution is -0.138. The van der Waals surface area contributed by atoms with Gasteiger partial charge in [0.15, 0.2) is 0 Å². The summed E-state index contributed by atoms with van der Waals surface area (Å²) >= 11 is 4.86. The smallest absolute Gasteiger partial charge is 0.326 e. The van der Waals surface area contributed by atoms with Crippen LogP contribution in [0.25, 0.3) is 10.6 Å². The number of carboxylic acid groups (broad SMARTS) is 1. The molecule has 0 saturated heterocycles. The van der Waals surface area contributed by atoms with Gasteiger partial charge in [0, 0.05) is 15.4 Å². The zero-order valence-electron chi connectivity index (χ0n) is 9.55. The molecule has 4 nitrogen and oxygen atoms in total. The number of benzene rings is 1. The topological polar surface area (TPSA) is 76.2 Å². The van der Waals surface area contributed by atoms with Crippen molar-refractivity contribution in [2.75, 3.05) is 0 Å². The van der Waals surface area contributed by atoms with Gasteiger partial charge in [-0.25, -0.2) is 4.98 Å². The number of halogens is 1. The van der Waals surface area contributed by atoms with Crippen LogP contribution in [0.1, 0.15) is 17.3 Å². The van der Waals surface area contributed by atoms with E-state index in [1.165, 1.54) is 11.3 Å². The maximum Gasteiger partial charge on any atom is 0.326 e. The summed E-state index contributed by atoms with van der Waals surface area (Å²) in [6.07, 6.45) is 0. The molecule has 0 spiro atoms. The van der Waals surface area contributed by atoms with Crippen LogP contribution in [-0.4, -0.2) is 16.1 Å². The predicted molar refractivity (Wildman–Crippen MR) is 74.6 cm³/mol. The van der Waals surface area contributed by atoms with E-state index in [4.69, 9.17) is 10.8 Å². The molecule has 0 fully saturated rings. The number of aryl methyl sites for hydroxylation is 1. The lowest BCUT2D eigenvalue weighted by Crippen LogP contribution is -2.20. The minimum absolute atomic E-state index is 0.384. The molecule has 2 rings (SSSR count). The number of carboxylic acids is 1. The van der Waals surface area contributed by atoms with E-state index < -0.39 is 12.0 Å². The van der Waals surface area contributed by atoms with Gasteiger partial charge in [0.2, 0.25) is 0 Å². The monoisotopic (exact) mass is 326 g/mol. The number of aromatic nitrogens is 1. The van der Waals surface area contributed by atoms with Crippen molar-refractivity contribution in [3.05, 3.63) is 39.3 Å². The molecule has 0 aliphatic heterocycles. The first kappa shape index (κ1) is 13.2. The van der Waals surface area contributed by atoms with E-state index in [2.05, 4.69) is 20.9 Å². The van der Waals surface area contributed by atoms with E-state index in [9.17, 15) is 4.79 Å². The first-order chi connectivity index (χ1) is 8.49. The van der Waals surface area contributed by atoms with Gasteiger partial charge in [-0.05, 0) is 18.6 Å². The molecular formula is C12H11BrN2O2S. The number of nitrogens with two attached hydrogens (primary N) is 1. The molecule has 1 atom stereocenters. The van der Waals surface area contributed by atoms with E-state index >= 15 is 0 Å². The van der Waals surface area contributed by atoms with Crippen LogP contribution in [0.5, 0.6) is 0 Å². The van der Waals surface area contributed by atoms with Gasteiger partial charge in [-0.15, -0.1) is 11.3 Å². The summed E-state index contributed by atoms with van der Waals surface area (Å²) in [6, 6.07) is 4.86. The van der Waals surface area contributed by atoms with Gasteiger partial charge in [0.05, 0.1) is 5.69 Å². The third kappa shape index (κ3) is 2.60. The Bertz CT molecular complexity index is 598. The third-order valence-corrected chi connectivity index (χ3v) is 4.01. The van der Waals surface area contributed by atoms with Crippen molar-refractivity contribution in [2.24, 2.45) is 5.73 Å². The van der Waals surface area contributed by atoms with E-state index in [1.54, 1.807) is 5.38 Å². The lowest BCUT2D eigenvalue weighted by atomic mass is 10.1. The van der Waals surface area contributed by atoms with Crippen LogP contribution in [0.3, 0.4) is 0 Å². The highest BCUT2D eigenvalue weighted by molar-refractivity contribution is 9.10. The maximum absolute atomic E-state index is 10.8. The largest absolute Gasteiger partial charge is 0.480 e. The normalized spacial score (nSPS) is 12.4. The second-order valence-electron chi connectivity index (χ2n) is 3.88. The summed E-state index contributed by atoms with van der Waals surface area (Å²) in [6.45, 7) is 2.00. The van der Waals surface area contributed by atoms with E-state index in [1.807, 2.05) is 25.1 Å². The quantitative estimate of drug-likeness (QED) is 0.909. The fraction of sp³-hybridized carbons (Fsp3) is 0.167. The van der Waals surface area contributed by atoms with Crippen LogP contribution >= 0.6 is 27.3 Å². The fourth-order valence-corrected chi connectivity index (χ4v) is 3.18. The molecule has 1 aromatic heterocycles. The molecule has 1 heterocycles. The molecule has 94 valence electrons. The van der Waals surface area contributed by atoms with Gasteiger partial charge in [0.1, 0.15) is 11.0 Å². The summed E-state index contributed by atoms with van der Waals surface area (Å²) < 4.78 is 0.937. The number of nitrogens with zero attached hydrogens (tertiary/aromatic N) is 1. The summed E-state index contributed by atoms with van der Waals surface area (Å²) in [5.74, 6) is -1.07. The summed E-state index contributed by atoms with van der Waals surface area (Å²) in [5, 5.41) is 11.3. The summed E-state index contributed by atoms with van der Waals surface area (Å²) in [5.41, 5.74) is 7.99. The predicted octanol–water partition coefficient (Wildman–Crippen LogP) is 2.97. The molecule has 3 N–H and O–H groups in total. The molecule has 0 bridgehead atoms. The molecule has 18 heavy (non-hydrogen) atoms. The minimum Gasteiger partial charge on any atom is -0.480 e. The molecule has 1 aromatic carbocycles. The Morgan fingerprint density at radius 1 is 1.56 bits per heavy atom. The van der Waals surface area contributed by atoms with Crippen molar-refractivity contribution in [3.63, 3.8) is 0 Å². The molecule has 1 unspecified atom stereocenters. The lowest BCUT2D eigenvalue weighted by Gasteiger charge is -2.03. The molecule has 0 aliphatic carbocycles. The number of carbonyl (C=O) groups is 1. The second-order valence-corrected chi connectivity index (χ2v) is 5.59. The van der Waals surface area contributed by atoms with Crippen molar-refractivity contribution >= 4 is 33.2 Å². The highest BCUT2D eigenvalue weighted by atomic mass is 79.9. The number of hydrogen-bond donors (Lipinski definition) is 2. The molecule has 0 amide bonds. The Hall–Kier alpha value is -1.24. The Kier molecular flexibility index (Phi) is 3.79. The van der Waals surface area contributed by atoms with Crippen molar-refractivity contribution in [3.8, 4) is 10.6 Å². The Labute approximate surface area is 117 Å². The van der Waals surface area contributed by atoms with E-state index in [0.717, 1.165) is 20.6 Å². The van der Waals surface area contributed by atoms with Crippen molar-refractivity contribution in [2.45, 2.75) is 13.0 Å². The third-order valence-electron chi connectivity index (χ3n) is 2.46. The molecule has 0 radical (unpaired) electrons. The standard InChI is InChI=1S/C12H11BrN2O2S/c1-6-2-3-7(8(13)4-6)11-15-9(5-18-11)10(14)12(16)17/h2-5,10H,14H2,1H3,(H,16,17). The van der Waals surface area contributed by atoms with E-state index in [-0.39, 0.29) is 0 Å². The highest BCUT2D eigenvalue weighted by Gasteiger charge is 2.18. The first-order valence-corrected chi connectivity index (χ1v) is 6.86. The first-order valence-electron chi connectivity index (χ1n) is 5.19. The van der Waals surface area contributed by atoms with Crippen molar-refractivity contribution in [1.82, 2.24) is 4.98 Å². The van der Waals surface area contributed by atoms with Gasteiger partial charge in [0.25, 0.3) is 0 Å². The van der Waals surface area contributed by atoms with Crippen molar-refractivity contribution < 1.29 is 9.90 Å². The van der Waals surface area contributed by atoms with Crippen molar-refractivity contribution in [1.29, 1.82) is 0 Å². The van der Waals surface area contributed by atoms with Crippen LogP contribution in [0.2, 0.25) is 0 Å². The van der Waals surface area contributed by atoms with E-state index in [0.29, 0.717) is 5.69 Å². The Morgan fingerprint density at radius 2 is 2.28 bits per heavy atom. The van der Waals surface area contributed by atoms with Crippen LogP contribution in [0.4, 0.5) is 0 Å². The average molecular weight is 327 g/mol. The van der Waals surface area contributed by atoms with Gasteiger partial charge in [-0.1, -0.05) is 28.1 Å². The van der Waals surface area contributed by atoms with Gasteiger partial charge < -0.3 is 10.8 Å². The second kappa shape index (κ2) is 5.17. The molecule has 0 aliphatic rings. The summed E-state index contributed by atoms with van der Waals surface area (Å²) in [4.78, 5) is 15.1. The van der Waals surface area contributed by atoms with Crippen LogP contribution in [0, 0.1) is 6.92 Å². The SMILES string of the molecule is Cc1ccc(-c2nc(C(N)C(=O)O)cs2)c(Br)c1. The molecule has 2 aromatic rings. The number of rotatable bonds is 3. The van der Waals surface area contributed by atoms with Crippen LogP contribution in [-0.2, 0) is 4.79 Å². The molecule has 6 heteroatoms. The zero-order valence-corrected chi connectivity index (χ0v) is 12.0. The average Bonchev–Trinajstić information content (AvgIpc) is 2.77. The van der Waals surface area contributed by atoms with Gasteiger partial charge in [-0.3, -0.25) is 4.79 Å². The fourth-order valence-electron chi connectivity index (χ4n) is 1.47. The summed E-state index contributed by atoms with van der Waals surface area (Å²) in [7, 11) is 0. The molecular weight excluding hydrogens is 316 g/mol. The minimum atomic E-state index is -1.07. The Balaban J connectivity index is 2.38. The van der Waals surface area contributed by atoms with Crippen LogP contribution < -0.4 is 5.73 Å².